The van der Waals surface area contributed by atoms with Crippen LogP contribution in [0.15, 0.2) is 73.1 Å². The third-order valence-electron chi connectivity index (χ3n) is 7.16. The summed E-state index contributed by atoms with van der Waals surface area (Å²) < 4.78 is 1.73. The minimum atomic E-state index is -0.865. The maximum Gasteiger partial charge on any atom is 0.407 e. The Balaban J connectivity index is 1.22. The fourth-order valence-corrected chi connectivity index (χ4v) is 5.36. The predicted octanol–water partition coefficient (Wildman–Crippen LogP) is 6.62. The number of anilines is 5. The highest BCUT2D eigenvalue weighted by Crippen LogP contribution is 2.31. The summed E-state index contributed by atoms with van der Waals surface area (Å²) in [6.45, 7) is 5.82. The number of aromatic nitrogens is 3. The fraction of sp³-hybridized carbons (Fsp3) is 0.333. The zero-order valence-corrected chi connectivity index (χ0v) is 23.5. The van der Waals surface area contributed by atoms with Gasteiger partial charge in [0, 0.05) is 53.1 Å². The van der Waals surface area contributed by atoms with Crippen molar-refractivity contribution in [3.05, 3.63) is 73.1 Å². The van der Waals surface area contributed by atoms with Crippen LogP contribution in [-0.2, 0) is 0 Å². The van der Waals surface area contributed by atoms with E-state index in [0.29, 0.717) is 22.8 Å². The number of carbonyl (C=O) groups is 2. The van der Waals surface area contributed by atoms with Gasteiger partial charge in [0.1, 0.15) is 5.82 Å². The third-order valence-corrected chi connectivity index (χ3v) is 7.16. The molecule has 2 heterocycles. The number of imidazole rings is 1. The number of fused-ring (bicyclic) bond motifs is 1. The van der Waals surface area contributed by atoms with Gasteiger partial charge in [-0.15, -0.1) is 5.10 Å². The molecule has 0 aliphatic heterocycles. The number of carboxylic acid groups (broad SMARTS) is 1. The van der Waals surface area contributed by atoms with Crippen LogP contribution in [-0.4, -0.2) is 54.4 Å². The second-order valence-corrected chi connectivity index (χ2v) is 11.3. The van der Waals surface area contributed by atoms with Crippen molar-refractivity contribution in [2.75, 3.05) is 21.3 Å². The fourth-order valence-electron chi connectivity index (χ4n) is 5.36. The topological polar surface area (TPSA) is 136 Å². The number of nitrogens with one attached hydrogen (secondary N) is 4. The van der Waals surface area contributed by atoms with Gasteiger partial charge in [-0.2, -0.15) is 0 Å². The van der Waals surface area contributed by atoms with Gasteiger partial charge in [-0.25, -0.2) is 19.1 Å². The number of benzene rings is 2. The molecule has 11 nitrogen and oxygen atoms in total. The van der Waals surface area contributed by atoms with Crippen molar-refractivity contribution in [2.45, 2.75) is 64.1 Å². The number of hydrogen-bond acceptors (Lipinski definition) is 6. The summed E-state index contributed by atoms with van der Waals surface area (Å²) in [4.78, 5) is 30.3. The summed E-state index contributed by atoms with van der Waals surface area (Å²) in [5, 5.41) is 27.0. The summed E-state index contributed by atoms with van der Waals surface area (Å²) in [5.41, 5.74) is 3.25. The van der Waals surface area contributed by atoms with Crippen LogP contribution in [0.1, 0.15) is 46.5 Å². The normalized spacial score (nSPS) is 17.0. The molecule has 0 bridgehead atoms. The number of rotatable bonds is 7. The zero-order valence-electron chi connectivity index (χ0n) is 23.5. The summed E-state index contributed by atoms with van der Waals surface area (Å²) >= 11 is 0. The second-order valence-electron chi connectivity index (χ2n) is 11.3. The van der Waals surface area contributed by atoms with Crippen LogP contribution >= 0.6 is 0 Å². The van der Waals surface area contributed by atoms with Crippen LogP contribution in [0.4, 0.5) is 38.2 Å². The Hall–Kier alpha value is -4.80. The minimum absolute atomic E-state index is 0.00809. The quantitative estimate of drug-likeness (QED) is 0.173. The van der Waals surface area contributed by atoms with Gasteiger partial charge in [-0.1, -0.05) is 18.2 Å². The van der Waals surface area contributed by atoms with Crippen LogP contribution < -0.4 is 21.3 Å². The Labute approximate surface area is 239 Å². The summed E-state index contributed by atoms with van der Waals surface area (Å²) in [7, 11) is 0. The lowest BCUT2D eigenvalue weighted by Gasteiger charge is -2.42. The average molecular weight is 557 g/mol. The van der Waals surface area contributed by atoms with Gasteiger partial charge in [0.25, 0.3) is 0 Å². The van der Waals surface area contributed by atoms with Crippen LogP contribution in [0.3, 0.4) is 0 Å². The third kappa shape index (κ3) is 6.86. The number of amides is 3. The molecule has 2 aromatic carbocycles. The standard InChI is InChI=1S/C30H36N8O3/c1-30(2,3)38(29(40)41)24-15-13-22(14-16-24)33-26-19-25(27-31-17-18-37(27)36-26)32-21-9-11-23(12-10-21)35-28(39)34-20-7-5-4-6-8-20/h4-12,17-19,22,24,32H,13-16H2,1-3H3,(H,33,36)(H,40,41)(H2,34,35,39). The SMILES string of the molecule is CC(C)(C)N(C(=O)O)C1CCC(Nc2cc(Nc3ccc(NC(=O)Nc4ccccc4)cc3)c3nccn3n2)CC1. The monoisotopic (exact) mass is 556 g/mol. The van der Waals surface area contributed by atoms with Crippen LogP contribution in [0.25, 0.3) is 5.65 Å². The van der Waals surface area contributed by atoms with Crippen molar-refractivity contribution in [1.82, 2.24) is 19.5 Å². The van der Waals surface area contributed by atoms with Crippen molar-refractivity contribution in [3.8, 4) is 0 Å². The summed E-state index contributed by atoms with van der Waals surface area (Å²) in [6.07, 6.45) is 5.93. The van der Waals surface area contributed by atoms with E-state index in [0.717, 1.165) is 37.1 Å². The lowest BCUT2D eigenvalue weighted by Crippen LogP contribution is -2.52. The van der Waals surface area contributed by atoms with Gasteiger partial charge >= 0.3 is 12.1 Å². The Morgan fingerprint density at radius 1 is 0.927 bits per heavy atom. The van der Waals surface area contributed by atoms with E-state index in [9.17, 15) is 14.7 Å². The van der Waals surface area contributed by atoms with Gasteiger partial charge in [-0.05, 0) is 82.9 Å². The Morgan fingerprint density at radius 2 is 1.56 bits per heavy atom. The molecule has 0 saturated heterocycles. The van der Waals surface area contributed by atoms with Crippen molar-refractivity contribution < 1.29 is 14.7 Å². The van der Waals surface area contributed by atoms with E-state index in [1.807, 2.05) is 81.4 Å². The second kappa shape index (κ2) is 11.7. The maximum atomic E-state index is 12.3. The summed E-state index contributed by atoms with van der Waals surface area (Å²) in [5.74, 6) is 0.711. The highest BCUT2D eigenvalue weighted by Gasteiger charge is 2.35. The van der Waals surface area contributed by atoms with E-state index in [2.05, 4.69) is 31.3 Å². The summed E-state index contributed by atoms with van der Waals surface area (Å²) in [6, 6.07) is 18.5. The lowest BCUT2D eigenvalue weighted by molar-refractivity contribution is 0.0556. The van der Waals surface area contributed by atoms with E-state index in [1.165, 1.54) is 0 Å². The lowest BCUT2D eigenvalue weighted by atomic mass is 9.88. The molecule has 11 heteroatoms. The van der Waals surface area contributed by atoms with Gasteiger partial charge in [-0.3, -0.25) is 0 Å². The number of hydrogen-bond donors (Lipinski definition) is 5. The van der Waals surface area contributed by atoms with E-state index < -0.39 is 11.6 Å². The average Bonchev–Trinajstić information content (AvgIpc) is 3.40. The molecule has 3 amide bonds. The molecule has 5 rings (SSSR count). The minimum Gasteiger partial charge on any atom is -0.465 e. The van der Waals surface area contributed by atoms with E-state index in [-0.39, 0.29) is 18.1 Å². The molecule has 2 aromatic heterocycles. The predicted molar refractivity (Wildman–Crippen MR) is 161 cm³/mol. The highest BCUT2D eigenvalue weighted by atomic mass is 16.4. The number of carbonyl (C=O) groups excluding carboxylic acids is 1. The molecular weight excluding hydrogens is 520 g/mol. The van der Waals surface area contributed by atoms with E-state index in [4.69, 9.17) is 0 Å². The zero-order chi connectivity index (χ0) is 29.0. The molecule has 0 atom stereocenters. The largest absolute Gasteiger partial charge is 0.465 e. The molecule has 1 fully saturated rings. The van der Waals surface area contributed by atoms with Crippen molar-refractivity contribution in [3.63, 3.8) is 0 Å². The first-order valence-corrected chi connectivity index (χ1v) is 13.8. The Bertz CT molecular complexity index is 1490. The van der Waals surface area contributed by atoms with Gasteiger partial charge in [0.15, 0.2) is 5.65 Å². The molecule has 41 heavy (non-hydrogen) atoms. The molecule has 1 aliphatic carbocycles. The molecule has 214 valence electrons. The highest BCUT2D eigenvalue weighted by molar-refractivity contribution is 5.99. The Kier molecular flexibility index (Phi) is 7.95. The Morgan fingerprint density at radius 3 is 2.20 bits per heavy atom. The van der Waals surface area contributed by atoms with Crippen LogP contribution in [0.2, 0.25) is 0 Å². The van der Waals surface area contributed by atoms with E-state index >= 15 is 0 Å². The first kappa shape index (κ1) is 27.8. The maximum absolute atomic E-state index is 12.3. The van der Waals surface area contributed by atoms with Crippen LogP contribution in [0, 0.1) is 0 Å². The van der Waals surface area contributed by atoms with Crippen molar-refractivity contribution in [2.24, 2.45) is 0 Å². The first-order chi connectivity index (χ1) is 19.7. The number of nitrogens with zero attached hydrogens (tertiary/aromatic N) is 4. The number of para-hydroxylation sites is 1. The smallest absolute Gasteiger partial charge is 0.407 e. The van der Waals surface area contributed by atoms with Crippen molar-refractivity contribution in [1.29, 1.82) is 0 Å². The molecule has 4 aromatic rings. The first-order valence-electron chi connectivity index (χ1n) is 13.8. The molecule has 0 radical (unpaired) electrons. The molecule has 1 aliphatic rings. The molecule has 0 spiro atoms. The van der Waals surface area contributed by atoms with Gasteiger partial charge < -0.3 is 31.3 Å². The number of urea groups is 1. The molecule has 5 N–H and O–H groups in total. The molecule has 1 saturated carbocycles. The van der Waals surface area contributed by atoms with Crippen LogP contribution in [0.5, 0.6) is 0 Å². The van der Waals surface area contributed by atoms with E-state index in [1.54, 1.807) is 21.8 Å². The van der Waals surface area contributed by atoms with Gasteiger partial charge in [0.05, 0.1) is 5.69 Å². The van der Waals surface area contributed by atoms with Crippen molar-refractivity contribution >= 4 is 46.3 Å². The molecule has 0 unspecified atom stereocenters. The molecular formula is C30H36N8O3. The van der Waals surface area contributed by atoms with Gasteiger partial charge in [0.2, 0.25) is 0 Å².